The molecule has 0 aliphatic rings. The number of rotatable bonds is 6. The highest BCUT2D eigenvalue weighted by molar-refractivity contribution is 7.09. The van der Waals surface area contributed by atoms with Crippen LogP contribution in [0.15, 0.2) is 22.2 Å². The van der Waals surface area contributed by atoms with Crippen molar-refractivity contribution in [1.82, 2.24) is 10.3 Å². The molecule has 0 saturated carbocycles. The van der Waals surface area contributed by atoms with Gasteiger partial charge in [0.15, 0.2) is 0 Å². The van der Waals surface area contributed by atoms with Crippen molar-refractivity contribution in [2.45, 2.75) is 19.4 Å². The number of thiazole rings is 1. The molecule has 0 saturated heterocycles. The van der Waals surface area contributed by atoms with Gasteiger partial charge in [-0.25, -0.2) is 4.98 Å². The highest BCUT2D eigenvalue weighted by atomic mass is 32.1. The fraction of sp³-hybridized carbons (Fsp3) is 0.385. The largest absolute Gasteiger partial charge is 0.375 e. The van der Waals surface area contributed by atoms with Gasteiger partial charge in [0.1, 0.15) is 11.6 Å². The molecule has 0 aromatic carbocycles. The maximum Gasteiger partial charge on any atom is 0.246 e. The van der Waals surface area contributed by atoms with Crippen LogP contribution >= 0.6 is 22.7 Å². The van der Waals surface area contributed by atoms with Gasteiger partial charge >= 0.3 is 0 Å². The van der Waals surface area contributed by atoms with E-state index in [2.05, 4.69) is 21.7 Å². The third-order valence-corrected chi connectivity index (χ3v) is 4.37. The summed E-state index contributed by atoms with van der Waals surface area (Å²) in [4.78, 5) is 16.2. The quantitative estimate of drug-likeness (QED) is 0.891. The number of hydrogen-bond acceptors (Lipinski definition) is 5. The molecule has 0 spiro atoms. The van der Waals surface area contributed by atoms with Crippen LogP contribution in [0, 0.1) is 6.92 Å². The molecule has 1 N–H and O–H groups in total. The Morgan fingerprint density at radius 2 is 2.37 bits per heavy atom. The minimum atomic E-state index is -0.115. The second-order valence-electron chi connectivity index (χ2n) is 4.22. The van der Waals surface area contributed by atoms with Crippen molar-refractivity contribution in [2.24, 2.45) is 0 Å². The van der Waals surface area contributed by atoms with Gasteiger partial charge in [0.25, 0.3) is 0 Å². The standard InChI is InChI=1S/C13H16N2O2S2/c1-9-7-19-13(14-9)11(15-12(16)6-17-2)5-10-3-4-18-8-10/h3-4,7-8,11H,5-6H2,1-2H3,(H,15,16). The van der Waals surface area contributed by atoms with Crippen molar-refractivity contribution in [3.05, 3.63) is 38.5 Å². The zero-order valence-corrected chi connectivity index (χ0v) is 12.5. The van der Waals surface area contributed by atoms with Crippen molar-refractivity contribution in [2.75, 3.05) is 13.7 Å². The fourth-order valence-corrected chi connectivity index (χ4v) is 3.27. The molecule has 0 bridgehead atoms. The number of aryl methyl sites for hydroxylation is 1. The van der Waals surface area contributed by atoms with Gasteiger partial charge in [-0.1, -0.05) is 0 Å². The maximum absolute atomic E-state index is 11.7. The lowest BCUT2D eigenvalue weighted by Crippen LogP contribution is -2.32. The van der Waals surface area contributed by atoms with E-state index in [0.717, 1.165) is 17.1 Å². The van der Waals surface area contributed by atoms with Gasteiger partial charge in [-0.05, 0) is 29.3 Å². The average molecular weight is 296 g/mol. The lowest BCUT2D eigenvalue weighted by atomic mass is 10.1. The third-order valence-electron chi connectivity index (χ3n) is 2.57. The van der Waals surface area contributed by atoms with Crippen LogP contribution < -0.4 is 5.32 Å². The van der Waals surface area contributed by atoms with Gasteiger partial charge in [-0.2, -0.15) is 11.3 Å². The first-order valence-corrected chi connectivity index (χ1v) is 7.72. The summed E-state index contributed by atoms with van der Waals surface area (Å²) < 4.78 is 4.85. The zero-order valence-electron chi connectivity index (χ0n) is 10.9. The van der Waals surface area contributed by atoms with Crippen LogP contribution in [0.3, 0.4) is 0 Å². The Morgan fingerprint density at radius 1 is 1.53 bits per heavy atom. The van der Waals surface area contributed by atoms with Crippen LogP contribution in [0.25, 0.3) is 0 Å². The molecule has 2 aromatic rings. The molecule has 19 heavy (non-hydrogen) atoms. The van der Waals surface area contributed by atoms with Crippen LogP contribution in [-0.2, 0) is 16.0 Å². The Labute approximate surface area is 120 Å². The molecular formula is C13H16N2O2S2. The second-order valence-corrected chi connectivity index (χ2v) is 5.89. The predicted octanol–water partition coefficient (Wildman–Crippen LogP) is 2.56. The number of aromatic nitrogens is 1. The molecule has 0 aliphatic heterocycles. The molecule has 0 fully saturated rings. The number of thiophene rings is 1. The molecule has 2 heterocycles. The Hall–Kier alpha value is -1.24. The van der Waals surface area contributed by atoms with E-state index in [1.807, 2.05) is 17.7 Å². The average Bonchev–Trinajstić information content (AvgIpc) is 3.00. The summed E-state index contributed by atoms with van der Waals surface area (Å²) >= 11 is 3.23. The summed E-state index contributed by atoms with van der Waals surface area (Å²) in [5.41, 5.74) is 2.19. The number of nitrogens with zero attached hydrogens (tertiary/aromatic N) is 1. The van der Waals surface area contributed by atoms with E-state index in [-0.39, 0.29) is 18.6 Å². The smallest absolute Gasteiger partial charge is 0.246 e. The number of amides is 1. The Morgan fingerprint density at radius 3 is 2.95 bits per heavy atom. The molecule has 4 nitrogen and oxygen atoms in total. The zero-order chi connectivity index (χ0) is 13.7. The van der Waals surface area contributed by atoms with E-state index >= 15 is 0 Å². The molecular weight excluding hydrogens is 280 g/mol. The molecule has 102 valence electrons. The van der Waals surface area contributed by atoms with Crippen LogP contribution in [-0.4, -0.2) is 24.6 Å². The summed E-state index contributed by atoms with van der Waals surface area (Å²) in [6.45, 7) is 2.03. The number of hydrogen-bond donors (Lipinski definition) is 1. The first-order valence-electron chi connectivity index (χ1n) is 5.90. The van der Waals surface area contributed by atoms with Gasteiger partial charge in [-0.3, -0.25) is 4.79 Å². The van der Waals surface area contributed by atoms with E-state index in [0.29, 0.717) is 0 Å². The van der Waals surface area contributed by atoms with Crippen molar-refractivity contribution < 1.29 is 9.53 Å². The molecule has 6 heteroatoms. The van der Waals surface area contributed by atoms with Crippen LogP contribution in [0.1, 0.15) is 22.3 Å². The lowest BCUT2D eigenvalue weighted by Gasteiger charge is -2.15. The summed E-state index contributed by atoms with van der Waals surface area (Å²) in [7, 11) is 1.51. The first kappa shape index (κ1) is 14.2. The van der Waals surface area contributed by atoms with Crippen molar-refractivity contribution >= 4 is 28.6 Å². The topological polar surface area (TPSA) is 51.2 Å². The molecule has 1 amide bonds. The summed E-state index contributed by atoms with van der Waals surface area (Å²) in [5, 5.41) is 10.0. The number of carbonyl (C=O) groups excluding carboxylic acids is 1. The molecule has 0 aliphatic carbocycles. The van der Waals surface area contributed by atoms with Gasteiger partial charge in [0.2, 0.25) is 5.91 Å². The molecule has 1 atom stereocenters. The van der Waals surface area contributed by atoms with E-state index in [9.17, 15) is 4.79 Å². The summed E-state index contributed by atoms with van der Waals surface area (Å²) in [6.07, 6.45) is 0.756. The van der Waals surface area contributed by atoms with E-state index in [4.69, 9.17) is 4.74 Å². The molecule has 1 unspecified atom stereocenters. The maximum atomic E-state index is 11.7. The molecule has 2 aromatic heterocycles. The van der Waals surface area contributed by atoms with E-state index in [1.165, 1.54) is 12.7 Å². The monoisotopic (exact) mass is 296 g/mol. The first-order chi connectivity index (χ1) is 9.19. The minimum absolute atomic E-state index is 0.0739. The number of methoxy groups -OCH3 is 1. The summed E-state index contributed by atoms with van der Waals surface area (Å²) in [6, 6.07) is 1.98. The van der Waals surface area contributed by atoms with Crippen molar-refractivity contribution in [3.8, 4) is 0 Å². The van der Waals surface area contributed by atoms with Gasteiger partial charge in [0, 0.05) is 24.6 Å². The highest BCUT2D eigenvalue weighted by Gasteiger charge is 2.18. The fourth-order valence-electron chi connectivity index (χ4n) is 1.74. The van der Waals surface area contributed by atoms with Crippen LogP contribution in [0.4, 0.5) is 0 Å². The summed E-state index contributed by atoms with van der Waals surface area (Å²) in [5.74, 6) is -0.115. The van der Waals surface area contributed by atoms with E-state index < -0.39 is 0 Å². The number of carbonyl (C=O) groups is 1. The Bertz CT molecular complexity index is 522. The van der Waals surface area contributed by atoms with Gasteiger partial charge in [-0.15, -0.1) is 11.3 Å². The number of nitrogens with one attached hydrogen (secondary N) is 1. The molecule has 0 radical (unpaired) electrons. The minimum Gasteiger partial charge on any atom is -0.375 e. The van der Waals surface area contributed by atoms with Gasteiger partial charge < -0.3 is 10.1 Å². The Balaban J connectivity index is 2.10. The van der Waals surface area contributed by atoms with Gasteiger partial charge in [0.05, 0.1) is 6.04 Å². The van der Waals surface area contributed by atoms with E-state index in [1.54, 1.807) is 22.7 Å². The van der Waals surface area contributed by atoms with Crippen LogP contribution in [0.2, 0.25) is 0 Å². The van der Waals surface area contributed by atoms with Crippen molar-refractivity contribution in [3.63, 3.8) is 0 Å². The van der Waals surface area contributed by atoms with Crippen LogP contribution in [0.5, 0.6) is 0 Å². The Kier molecular flexibility index (Phi) is 5.07. The lowest BCUT2D eigenvalue weighted by molar-refractivity contribution is -0.125. The normalized spacial score (nSPS) is 12.3. The number of ether oxygens (including phenoxy) is 1. The molecule has 2 rings (SSSR count). The highest BCUT2D eigenvalue weighted by Crippen LogP contribution is 2.23. The SMILES string of the molecule is COCC(=O)NC(Cc1ccsc1)c1nc(C)cs1. The third kappa shape index (κ3) is 4.12. The second kappa shape index (κ2) is 6.79. The predicted molar refractivity (Wildman–Crippen MR) is 77.6 cm³/mol. The van der Waals surface area contributed by atoms with Crippen molar-refractivity contribution in [1.29, 1.82) is 0 Å².